The van der Waals surface area contributed by atoms with E-state index < -0.39 is 40.0 Å². The standard InChI is InChI=1S/C41H30F6O4S2/c1-48-27-13-5-9-23(17-27)33-21-31(37(52-33)25-11-7-15-29(19-25)50-3)35-36(40(44,45)41(46,47)39(35,42)43)32-22-34(24-10-6-14-28(18-24)49-2)53-38(32)26-12-8-16-30(20-26)51-4/h5-22H,1-4H3. The zero-order valence-electron chi connectivity index (χ0n) is 28.6. The maximum Gasteiger partial charge on any atom is 0.380 e. The largest absolute Gasteiger partial charge is 0.497 e. The van der Waals surface area contributed by atoms with Crippen molar-refractivity contribution in [3.63, 3.8) is 0 Å². The molecular formula is C41H30F6O4S2. The van der Waals surface area contributed by atoms with Crippen molar-refractivity contribution in [3.8, 4) is 64.8 Å². The molecule has 6 aromatic rings. The van der Waals surface area contributed by atoms with Crippen molar-refractivity contribution in [2.75, 3.05) is 28.4 Å². The molecule has 0 amide bonds. The Hall–Kier alpha value is -5.20. The topological polar surface area (TPSA) is 36.9 Å². The maximum atomic E-state index is 16.6. The third-order valence-corrected chi connectivity index (χ3v) is 11.5. The summed E-state index contributed by atoms with van der Waals surface area (Å²) in [7, 11) is 5.75. The molecule has 7 rings (SSSR count). The van der Waals surface area contributed by atoms with Gasteiger partial charge in [0.15, 0.2) is 0 Å². The van der Waals surface area contributed by atoms with Crippen molar-refractivity contribution < 1.29 is 45.3 Å². The molecule has 0 atom stereocenters. The van der Waals surface area contributed by atoms with Gasteiger partial charge in [0.05, 0.1) is 28.4 Å². The van der Waals surface area contributed by atoms with Crippen LogP contribution in [0.15, 0.2) is 109 Å². The quantitative estimate of drug-likeness (QED) is 0.130. The minimum atomic E-state index is -5.79. The number of halogens is 6. The van der Waals surface area contributed by atoms with E-state index in [1.54, 1.807) is 97.1 Å². The molecule has 0 saturated carbocycles. The van der Waals surface area contributed by atoms with Crippen molar-refractivity contribution in [1.29, 1.82) is 0 Å². The molecule has 0 bridgehead atoms. The maximum absolute atomic E-state index is 16.6. The van der Waals surface area contributed by atoms with Gasteiger partial charge in [-0.1, -0.05) is 48.5 Å². The van der Waals surface area contributed by atoms with E-state index in [0.717, 1.165) is 22.7 Å². The lowest BCUT2D eigenvalue weighted by molar-refractivity contribution is -0.254. The summed E-state index contributed by atoms with van der Waals surface area (Å²) in [4.78, 5) is 0.892. The molecule has 4 nitrogen and oxygen atoms in total. The first-order valence-corrected chi connectivity index (χ1v) is 17.7. The van der Waals surface area contributed by atoms with Crippen LogP contribution in [-0.2, 0) is 0 Å². The molecular weight excluding hydrogens is 735 g/mol. The predicted molar refractivity (Wildman–Crippen MR) is 198 cm³/mol. The zero-order chi connectivity index (χ0) is 37.7. The Kier molecular flexibility index (Phi) is 9.32. The molecule has 0 aliphatic heterocycles. The number of hydrogen-bond acceptors (Lipinski definition) is 6. The summed E-state index contributed by atoms with van der Waals surface area (Å²) in [5, 5.41) is 0. The molecule has 0 spiro atoms. The number of rotatable bonds is 10. The second kappa shape index (κ2) is 13.7. The SMILES string of the molecule is COc1cccc(-c2cc(C3=C(c4cc(-c5cccc(OC)c5)sc4-c4cccc(OC)c4)C(F)(F)C(F)(F)C3(F)F)c(-c3cccc(OC)c3)s2)c1. The van der Waals surface area contributed by atoms with Crippen LogP contribution < -0.4 is 18.9 Å². The van der Waals surface area contributed by atoms with Gasteiger partial charge in [-0.2, -0.15) is 26.3 Å². The van der Waals surface area contributed by atoms with Gasteiger partial charge in [0.1, 0.15) is 23.0 Å². The Labute approximate surface area is 309 Å². The highest BCUT2D eigenvalue weighted by Crippen LogP contribution is 2.67. The molecule has 0 fully saturated rings. The van der Waals surface area contributed by atoms with Gasteiger partial charge in [0.25, 0.3) is 0 Å². The lowest BCUT2D eigenvalue weighted by Crippen LogP contribution is -2.48. The molecule has 0 unspecified atom stereocenters. The lowest BCUT2D eigenvalue weighted by Gasteiger charge is -2.26. The summed E-state index contributed by atoms with van der Waals surface area (Å²) in [6.45, 7) is 0. The Morgan fingerprint density at radius 2 is 0.717 bits per heavy atom. The fraction of sp³-hybridized carbons (Fsp3) is 0.171. The highest BCUT2D eigenvalue weighted by Gasteiger charge is 2.80. The van der Waals surface area contributed by atoms with Gasteiger partial charge in [-0.05, 0) is 82.9 Å². The van der Waals surface area contributed by atoms with E-state index in [9.17, 15) is 0 Å². The van der Waals surface area contributed by atoms with E-state index in [0.29, 0.717) is 55.0 Å². The lowest BCUT2D eigenvalue weighted by atomic mass is 9.91. The van der Waals surface area contributed by atoms with E-state index >= 15 is 26.3 Å². The molecule has 272 valence electrons. The van der Waals surface area contributed by atoms with E-state index in [2.05, 4.69) is 0 Å². The zero-order valence-corrected chi connectivity index (χ0v) is 30.2. The van der Waals surface area contributed by atoms with Crippen molar-refractivity contribution in [2.24, 2.45) is 0 Å². The Morgan fingerprint density at radius 3 is 1.04 bits per heavy atom. The third-order valence-electron chi connectivity index (χ3n) is 9.04. The first kappa shape index (κ1) is 36.2. The number of alkyl halides is 6. The molecule has 2 aromatic heterocycles. The molecule has 1 aliphatic carbocycles. The monoisotopic (exact) mass is 764 g/mol. The summed E-state index contributed by atoms with van der Waals surface area (Å²) in [5.74, 6) is -14.8. The van der Waals surface area contributed by atoms with Crippen LogP contribution in [0.5, 0.6) is 23.0 Å². The average Bonchev–Trinajstić information content (AvgIpc) is 3.84. The first-order chi connectivity index (χ1) is 25.3. The molecule has 12 heteroatoms. The number of allylic oxidation sites excluding steroid dienone is 2. The van der Waals surface area contributed by atoms with Crippen molar-refractivity contribution >= 4 is 33.8 Å². The van der Waals surface area contributed by atoms with Crippen molar-refractivity contribution in [3.05, 3.63) is 120 Å². The van der Waals surface area contributed by atoms with Gasteiger partial charge in [-0.15, -0.1) is 22.7 Å². The molecule has 53 heavy (non-hydrogen) atoms. The van der Waals surface area contributed by atoms with Crippen LogP contribution in [0.25, 0.3) is 52.9 Å². The normalized spacial score (nSPS) is 15.7. The summed E-state index contributed by atoms with van der Waals surface area (Å²) in [5.41, 5.74) is -2.18. The smallest absolute Gasteiger partial charge is 0.380 e. The molecule has 0 saturated heterocycles. The van der Waals surface area contributed by atoms with Crippen LogP contribution in [0, 0.1) is 0 Å². The Morgan fingerprint density at radius 1 is 0.415 bits per heavy atom. The minimum absolute atomic E-state index is 0.0774. The van der Waals surface area contributed by atoms with Crippen LogP contribution in [0.4, 0.5) is 26.3 Å². The highest BCUT2D eigenvalue weighted by molar-refractivity contribution is 7.19. The van der Waals surface area contributed by atoms with Crippen LogP contribution >= 0.6 is 22.7 Å². The van der Waals surface area contributed by atoms with Crippen molar-refractivity contribution in [1.82, 2.24) is 0 Å². The minimum Gasteiger partial charge on any atom is -0.497 e. The van der Waals surface area contributed by atoms with Gasteiger partial charge >= 0.3 is 17.8 Å². The van der Waals surface area contributed by atoms with E-state index in [-0.39, 0.29) is 9.75 Å². The van der Waals surface area contributed by atoms with Crippen LogP contribution in [0.2, 0.25) is 0 Å². The third kappa shape index (κ3) is 6.03. The number of methoxy groups -OCH3 is 4. The number of thiophene rings is 2. The van der Waals surface area contributed by atoms with Gasteiger partial charge in [0.2, 0.25) is 0 Å². The second-order valence-electron chi connectivity index (χ2n) is 12.1. The fourth-order valence-electron chi connectivity index (χ4n) is 6.38. The van der Waals surface area contributed by atoms with Gasteiger partial charge in [-0.3, -0.25) is 0 Å². The number of hydrogen-bond donors (Lipinski definition) is 0. The van der Waals surface area contributed by atoms with Gasteiger partial charge < -0.3 is 18.9 Å². The molecule has 0 N–H and O–H groups in total. The summed E-state index contributed by atoms with van der Waals surface area (Å²) >= 11 is 2.01. The van der Waals surface area contributed by atoms with Crippen LogP contribution in [-0.4, -0.2) is 46.2 Å². The molecule has 2 heterocycles. The molecule has 4 aromatic carbocycles. The summed E-state index contributed by atoms with van der Waals surface area (Å²) in [6, 6.07) is 28.7. The van der Waals surface area contributed by atoms with E-state index in [1.807, 2.05) is 0 Å². The highest BCUT2D eigenvalue weighted by atomic mass is 32.1. The Bertz CT molecular complexity index is 2200. The molecule has 1 aliphatic rings. The van der Waals surface area contributed by atoms with E-state index in [4.69, 9.17) is 18.9 Å². The van der Waals surface area contributed by atoms with E-state index in [1.165, 1.54) is 40.6 Å². The van der Waals surface area contributed by atoms with Gasteiger partial charge in [-0.25, -0.2) is 0 Å². The van der Waals surface area contributed by atoms with Crippen molar-refractivity contribution in [2.45, 2.75) is 17.8 Å². The van der Waals surface area contributed by atoms with Gasteiger partial charge in [0, 0.05) is 41.8 Å². The summed E-state index contributed by atoms with van der Waals surface area (Å²) < 4.78 is 120. The number of ether oxygens (including phenoxy) is 4. The summed E-state index contributed by atoms with van der Waals surface area (Å²) in [6.07, 6.45) is 0. The number of benzene rings is 4. The van der Waals surface area contributed by atoms with Crippen LogP contribution in [0.1, 0.15) is 11.1 Å². The van der Waals surface area contributed by atoms with Crippen LogP contribution in [0.3, 0.4) is 0 Å². The fourth-order valence-corrected chi connectivity index (χ4v) is 8.70. The first-order valence-electron chi connectivity index (χ1n) is 16.1. The molecule has 0 radical (unpaired) electrons. The Balaban J connectivity index is 1.60. The second-order valence-corrected chi connectivity index (χ2v) is 14.2. The predicted octanol–water partition coefficient (Wildman–Crippen LogP) is 12.3. The average molecular weight is 765 g/mol.